The molecule has 0 bridgehead atoms. The van der Waals surface area contributed by atoms with Crippen LogP contribution in [0, 0.1) is 0 Å². The fourth-order valence-corrected chi connectivity index (χ4v) is 2.29. The molecule has 1 aliphatic heterocycles. The summed E-state index contributed by atoms with van der Waals surface area (Å²) in [6, 6.07) is 6.94. The van der Waals surface area contributed by atoms with Gasteiger partial charge in [0.1, 0.15) is 12.7 Å². The molecule has 22 heavy (non-hydrogen) atoms. The van der Waals surface area contributed by atoms with E-state index in [2.05, 4.69) is 10.1 Å². The second-order valence-electron chi connectivity index (χ2n) is 4.84. The molecular weight excluding hydrogens is 288 g/mol. The number of nitrogens with zero attached hydrogens (tertiary/aromatic N) is 4. The van der Waals surface area contributed by atoms with Crippen molar-refractivity contribution in [2.75, 3.05) is 19.7 Å². The van der Waals surface area contributed by atoms with Crippen LogP contribution in [0.1, 0.15) is 10.4 Å². The Bertz CT molecular complexity index is 686. The number of amides is 1. The van der Waals surface area contributed by atoms with Crippen LogP contribution >= 0.6 is 0 Å². The maximum Gasteiger partial charge on any atom is 0.334 e. The minimum atomic E-state index is -1.06. The third-order valence-electron chi connectivity index (χ3n) is 3.41. The molecule has 1 saturated heterocycles. The van der Waals surface area contributed by atoms with E-state index in [0.717, 1.165) is 0 Å². The van der Waals surface area contributed by atoms with Crippen LogP contribution in [0.4, 0.5) is 0 Å². The predicted octanol–water partition coefficient (Wildman–Crippen LogP) is 0.193. The minimum absolute atomic E-state index is 0.0434. The summed E-state index contributed by atoms with van der Waals surface area (Å²) in [6.45, 7) is 0.628. The third kappa shape index (κ3) is 2.82. The lowest BCUT2D eigenvalue weighted by Crippen LogP contribution is -2.48. The van der Waals surface area contributed by atoms with Gasteiger partial charge < -0.3 is 14.7 Å². The normalized spacial score (nSPS) is 18.2. The van der Waals surface area contributed by atoms with Gasteiger partial charge >= 0.3 is 5.97 Å². The molecule has 0 aliphatic carbocycles. The zero-order chi connectivity index (χ0) is 15.5. The molecule has 1 aromatic heterocycles. The summed E-state index contributed by atoms with van der Waals surface area (Å²) in [7, 11) is 0. The number of benzene rings is 1. The fraction of sp³-hybridized carbons (Fsp3) is 0.286. The summed E-state index contributed by atoms with van der Waals surface area (Å²) in [6.07, 6.45) is 1.98. The van der Waals surface area contributed by atoms with Gasteiger partial charge in [-0.1, -0.05) is 6.07 Å². The van der Waals surface area contributed by atoms with Gasteiger partial charge in [0, 0.05) is 12.1 Å². The number of aliphatic carboxylic acids is 1. The van der Waals surface area contributed by atoms with E-state index >= 15 is 0 Å². The molecule has 114 valence electrons. The number of carbonyl (C=O) groups is 2. The lowest BCUT2D eigenvalue weighted by atomic mass is 10.1. The topological polar surface area (TPSA) is 97.6 Å². The van der Waals surface area contributed by atoms with Crippen LogP contribution in [0.25, 0.3) is 5.69 Å². The van der Waals surface area contributed by atoms with Crippen LogP contribution in [-0.4, -0.2) is 62.4 Å². The Balaban J connectivity index is 1.80. The molecule has 2 heterocycles. The van der Waals surface area contributed by atoms with Crippen LogP contribution < -0.4 is 0 Å². The molecule has 1 amide bonds. The molecule has 2 aromatic rings. The highest BCUT2D eigenvalue weighted by Gasteiger charge is 2.29. The van der Waals surface area contributed by atoms with Crippen molar-refractivity contribution >= 4 is 11.9 Å². The van der Waals surface area contributed by atoms with E-state index in [1.165, 1.54) is 11.2 Å². The Morgan fingerprint density at radius 3 is 2.95 bits per heavy atom. The number of carboxylic acids is 1. The Kier molecular flexibility index (Phi) is 3.84. The predicted molar refractivity (Wildman–Crippen MR) is 74.6 cm³/mol. The van der Waals surface area contributed by atoms with Crippen molar-refractivity contribution in [1.29, 1.82) is 0 Å². The second-order valence-corrected chi connectivity index (χ2v) is 4.84. The first-order chi connectivity index (χ1) is 10.6. The summed E-state index contributed by atoms with van der Waals surface area (Å²) in [5.41, 5.74) is 1.19. The first-order valence-corrected chi connectivity index (χ1v) is 6.74. The minimum Gasteiger partial charge on any atom is -0.479 e. The van der Waals surface area contributed by atoms with Crippen LogP contribution in [0.2, 0.25) is 0 Å². The molecule has 1 N–H and O–H groups in total. The molecular formula is C14H14N4O4. The van der Waals surface area contributed by atoms with Crippen molar-refractivity contribution in [2.24, 2.45) is 0 Å². The standard InChI is InChI=1S/C14H14N4O4/c19-13(17-4-5-22-12(7-17)14(20)21)10-2-1-3-11(6-10)18-9-15-8-16-18/h1-3,6,8-9,12H,4-5,7H2,(H,20,21)/t12-/m0/s1. The molecule has 1 aromatic carbocycles. The maximum atomic E-state index is 12.5. The number of hydrogen-bond donors (Lipinski definition) is 1. The van der Waals surface area contributed by atoms with Gasteiger partial charge in [0.05, 0.1) is 18.8 Å². The number of carbonyl (C=O) groups excluding carboxylic acids is 1. The average Bonchev–Trinajstić information content (AvgIpc) is 3.09. The Morgan fingerprint density at radius 2 is 2.23 bits per heavy atom. The van der Waals surface area contributed by atoms with Crippen molar-refractivity contribution in [2.45, 2.75) is 6.10 Å². The van der Waals surface area contributed by atoms with Crippen molar-refractivity contribution < 1.29 is 19.4 Å². The van der Waals surface area contributed by atoms with Crippen molar-refractivity contribution in [1.82, 2.24) is 19.7 Å². The molecule has 1 fully saturated rings. The number of rotatable bonds is 3. The number of morpholine rings is 1. The van der Waals surface area contributed by atoms with E-state index in [0.29, 0.717) is 17.8 Å². The van der Waals surface area contributed by atoms with Crippen LogP contribution in [0.5, 0.6) is 0 Å². The van der Waals surface area contributed by atoms with Gasteiger partial charge in [-0.25, -0.2) is 14.5 Å². The number of hydrogen-bond acceptors (Lipinski definition) is 5. The van der Waals surface area contributed by atoms with E-state index in [-0.39, 0.29) is 19.1 Å². The quantitative estimate of drug-likeness (QED) is 0.869. The van der Waals surface area contributed by atoms with Crippen molar-refractivity contribution in [3.8, 4) is 5.69 Å². The first-order valence-electron chi connectivity index (χ1n) is 6.74. The molecule has 8 nitrogen and oxygen atoms in total. The zero-order valence-electron chi connectivity index (χ0n) is 11.6. The highest BCUT2D eigenvalue weighted by atomic mass is 16.5. The van der Waals surface area contributed by atoms with E-state index in [9.17, 15) is 9.59 Å². The van der Waals surface area contributed by atoms with E-state index in [1.807, 2.05) is 6.07 Å². The highest BCUT2D eigenvalue weighted by molar-refractivity contribution is 5.95. The lowest BCUT2D eigenvalue weighted by molar-refractivity contribution is -0.154. The summed E-state index contributed by atoms with van der Waals surface area (Å²) in [4.78, 5) is 28.9. The fourth-order valence-electron chi connectivity index (χ4n) is 2.29. The van der Waals surface area contributed by atoms with Gasteiger partial charge in [-0.2, -0.15) is 5.10 Å². The molecule has 0 spiro atoms. The first kappa shape index (κ1) is 14.2. The van der Waals surface area contributed by atoms with Crippen LogP contribution in [0.3, 0.4) is 0 Å². The zero-order valence-corrected chi connectivity index (χ0v) is 11.6. The van der Waals surface area contributed by atoms with Crippen LogP contribution in [-0.2, 0) is 9.53 Å². The van der Waals surface area contributed by atoms with Crippen molar-refractivity contribution in [3.05, 3.63) is 42.5 Å². The van der Waals surface area contributed by atoms with Gasteiger partial charge in [-0.15, -0.1) is 0 Å². The molecule has 1 atom stereocenters. The van der Waals surface area contributed by atoms with Gasteiger partial charge in [-0.05, 0) is 18.2 Å². The smallest absolute Gasteiger partial charge is 0.334 e. The molecule has 0 radical (unpaired) electrons. The Labute approximate surface area is 125 Å². The monoisotopic (exact) mass is 302 g/mol. The SMILES string of the molecule is O=C(O)[C@@H]1CN(C(=O)c2cccc(-n3cncn3)c2)CCO1. The Hall–Kier alpha value is -2.74. The van der Waals surface area contributed by atoms with Gasteiger partial charge in [-0.3, -0.25) is 4.79 Å². The number of carboxylic acid groups (broad SMARTS) is 1. The third-order valence-corrected chi connectivity index (χ3v) is 3.41. The van der Waals surface area contributed by atoms with Gasteiger partial charge in [0.15, 0.2) is 6.10 Å². The average molecular weight is 302 g/mol. The van der Waals surface area contributed by atoms with E-state index in [1.54, 1.807) is 29.2 Å². The van der Waals surface area contributed by atoms with E-state index in [4.69, 9.17) is 9.84 Å². The van der Waals surface area contributed by atoms with Crippen molar-refractivity contribution in [3.63, 3.8) is 0 Å². The number of aromatic nitrogens is 3. The molecule has 8 heteroatoms. The maximum absolute atomic E-state index is 12.5. The largest absolute Gasteiger partial charge is 0.479 e. The molecule has 1 aliphatic rings. The molecule has 0 saturated carbocycles. The van der Waals surface area contributed by atoms with E-state index < -0.39 is 12.1 Å². The summed E-state index contributed by atoms with van der Waals surface area (Å²) in [5, 5.41) is 13.0. The summed E-state index contributed by atoms with van der Waals surface area (Å²) >= 11 is 0. The van der Waals surface area contributed by atoms with Gasteiger partial charge in [0.25, 0.3) is 5.91 Å². The number of ether oxygens (including phenoxy) is 1. The summed E-state index contributed by atoms with van der Waals surface area (Å²) < 4.78 is 6.67. The van der Waals surface area contributed by atoms with Crippen LogP contribution in [0.15, 0.2) is 36.9 Å². The second kappa shape index (κ2) is 5.94. The highest BCUT2D eigenvalue weighted by Crippen LogP contribution is 2.14. The summed E-state index contributed by atoms with van der Waals surface area (Å²) in [5.74, 6) is -1.29. The van der Waals surface area contributed by atoms with Gasteiger partial charge in [0.2, 0.25) is 0 Å². The lowest BCUT2D eigenvalue weighted by Gasteiger charge is -2.31. The molecule has 0 unspecified atom stereocenters. The Morgan fingerprint density at radius 1 is 1.36 bits per heavy atom. The molecule has 3 rings (SSSR count).